The number of hydrogen-bond acceptors (Lipinski definition) is 4. The van der Waals surface area contributed by atoms with Crippen molar-refractivity contribution in [3.05, 3.63) is 23.9 Å². The molecule has 0 spiro atoms. The Morgan fingerprint density at radius 1 is 1.35 bits per heavy atom. The molecular weight excluding hydrogens is 214 g/mol. The Morgan fingerprint density at radius 2 is 2.06 bits per heavy atom. The van der Waals surface area contributed by atoms with Gasteiger partial charge in [-0.2, -0.15) is 0 Å². The van der Waals surface area contributed by atoms with Crippen molar-refractivity contribution in [1.29, 1.82) is 0 Å². The van der Waals surface area contributed by atoms with E-state index in [0.29, 0.717) is 18.4 Å². The Balaban J connectivity index is 2.71. The summed E-state index contributed by atoms with van der Waals surface area (Å²) in [4.78, 5) is 6.57. The number of pyridine rings is 1. The Hall–Kier alpha value is -1.13. The molecule has 3 N–H and O–H groups in total. The quantitative estimate of drug-likeness (QED) is 0.757. The van der Waals surface area contributed by atoms with E-state index in [1.165, 1.54) is 0 Å². The number of anilines is 1. The van der Waals surface area contributed by atoms with Gasteiger partial charge in [0.25, 0.3) is 0 Å². The van der Waals surface area contributed by atoms with Gasteiger partial charge < -0.3 is 10.8 Å². The zero-order valence-electron chi connectivity index (χ0n) is 10.8. The molecule has 0 aliphatic carbocycles. The van der Waals surface area contributed by atoms with E-state index in [1.54, 1.807) is 6.07 Å². The van der Waals surface area contributed by atoms with E-state index in [4.69, 9.17) is 10.8 Å². The average Bonchev–Trinajstić information content (AvgIpc) is 2.31. The molecule has 0 radical (unpaired) electrons. The fourth-order valence-corrected chi connectivity index (χ4v) is 2.12. The molecule has 0 aliphatic heterocycles. The maximum absolute atomic E-state index is 9.12. The standard InChI is InChI=1S/C13H23N3O/c1-3-12(4-2)16(8-9-17)10-11-6-5-7-13(14)15-11/h5-7,12,17H,3-4,8-10H2,1-2H3,(H2,14,15). The van der Waals surface area contributed by atoms with Crippen LogP contribution in [0.15, 0.2) is 18.2 Å². The Bertz CT molecular complexity index is 326. The van der Waals surface area contributed by atoms with Crippen molar-refractivity contribution in [3.63, 3.8) is 0 Å². The fourth-order valence-electron chi connectivity index (χ4n) is 2.12. The van der Waals surface area contributed by atoms with Gasteiger partial charge in [0, 0.05) is 19.1 Å². The van der Waals surface area contributed by atoms with Crippen LogP contribution >= 0.6 is 0 Å². The van der Waals surface area contributed by atoms with E-state index in [9.17, 15) is 0 Å². The van der Waals surface area contributed by atoms with E-state index >= 15 is 0 Å². The second-order valence-electron chi connectivity index (χ2n) is 4.22. The minimum atomic E-state index is 0.179. The first-order chi connectivity index (χ1) is 8.21. The minimum Gasteiger partial charge on any atom is -0.395 e. The SMILES string of the molecule is CCC(CC)N(CCO)Cc1cccc(N)n1. The fraction of sp³-hybridized carbons (Fsp3) is 0.615. The van der Waals surface area contributed by atoms with Gasteiger partial charge in [-0.1, -0.05) is 19.9 Å². The Kier molecular flexibility index (Phi) is 5.94. The van der Waals surface area contributed by atoms with Crippen LogP contribution in [0.2, 0.25) is 0 Å². The predicted octanol–water partition coefficient (Wildman–Crippen LogP) is 1.65. The van der Waals surface area contributed by atoms with Crippen LogP contribution in [0.4, 0.5) is 5.82 Å². The van der Waals surface area contributed by atoms with Gasteiger partial charge in [-0.25, -0.2) is 4.98 Å². The van der Waals surface area contributed by atoms with Crippen molar-refractivity contribution in [2.75, 3.05) is 18.9 Å². The molecule has 1 rings (SSSR count). The molecule has 1 aromatic rings. The number of nitrogen functional groups attached to an aromatic ring is 1. The average molecular weight is 237 g/mol. The summed E-state index contributed by atoms with van der Waals surface area (Å²) in [5.74, 6) is 0.552. The summed E-state index contributed by atoms with van der Waals surface area (Å²) in [5.41, 5.74) is 6.63. The molecule has 1 aromatic heterocycles. The second kappa shape index (κ2) is 7.25. The molecule has 0 amide bonds. The van der Waals surface area contributed by atoms with Crippen molar-refractivity contribution >= 4 is 5.82 Å². The zero-order valence-corrected chi connectivity index (χ0v) is 10.8. The molecule has 1 heterocycles. The van der Waals surface area contributed by atoms with Crippen LogP contribution in [0.1, 0.15) is 32.4 Å². The molecule has 17 heavy (non-hydrogen) atoms. The van der Waals surface area contributed by atoms with Crippen LogP contribution in [-0.2, 0) is 6.54 Å². The third-order valence-electron chi connectivity index (χ3n) is 3.04. The number of aliphatic hydroxyl groups is 1. The van der Waals surface area contributed by atoms with Gasteiger partial charge in [-0.05, 0) is 25.0 Å². The molecule has 0 bridgehead atoms. The molecule has 96 valence electrons. The lowest BCUT2D eigenvalue weighted by Crippen LogP contribution is -2.36. The largest absolute Gasteiger partial charge is 0.395 e. The van der Waals surface area contributed by atoms with Crippen molar-refractivity contribution in [3.8, 4) is 0 Å². The zero-order chi connectivity index (χ0) is 12.7. The normalized spacial score (nSPS) is 11.4. The summed E-state index contributed by atoms with van der Waals surface area (Å²) >= 11 is 0. The van der Waals surface area contributed by atoms with Gasteiger partial charge in [-0.15, -0.1) is 0 Å². The summed E-state index contributed by atoms with van der Waals surface area (Å²) in [7, 11) is 0. The lowest BCUT2D eigenvalue weighted by Gasteiger charge is -2.29. The van der Waals surface area contributed by atoms with Gasteiger partial charge in [0.15, 0.2) is 0 Å². The van der Waals surface area contributed by atoms with E-state index in [-0.39, 0.29) is 6.61 Å². The highest BCUT2D eigenvalue weighted by Crippen LogP contribution is 2.12. The Labute approximate surface area is 103 Å². The molecule has 0 saturated carbocycles. The molecule has 0 saturated heterocycles. The third-order valence-corrected chi connectivity index (χ3v) is 3.04. The lowest BCUT2D eigenvalue weighted by atomic mass is 10.1. The summed E-state index contributed by atoms with van der Waals surface area (Å²) in [6, 6.07) is 6.17. The monoisotopic (exact) mass is 237 g/mol. The van der Waals surface area contributed by atoms with Crippen LogP contribution in [0.5, 0.6) is 0 Å². The molecule has 4 nitrogen and oxygen atoms in total. The van der Waals surface area contributed by atoms with E-state index in [1.807, 2.05) is 12.1 Å². The summed E-state index contributed by atoms with van der Waals surface area (Å²) < 4.78 is 0. The topological polar surface area (TPSA) is 62.4 Å². The van der Waals surface area contributed by atoms with Crippen LogP contribution < -0.4 is 5.73 Å². The molecule has 4 heteroatoms. The minimum absolute atomic E-state index is 0.179. The van der Waals surface area contributed by atoms with Crippen LogP contribution in [0.3, 0.4) is 0 Å². The van der Waals surface area contributed by atoms with Gasteiger partial charge in [-0.3, -0.25) is 4.90 Å². The molecule has 0 aliphatic rings. The van der Waals surface area contributed by atoms with Crippen LogP contribution in [0.25, 0.3) is 0 Å². The summed E-state index contributed by atoms with van der Waals surface area (Å²) in [6.07, 6.45) is 2.16. The molecule has 0 fully saturated rings. The molecule has 0 aromatic carbocycles. The number of aliphatic hydroxyl groups excluding tert-OH is 1. The first kappa shape index (κ1) is 13.9. The summed E-state index contributed by atoms with van der Waals surface area (Å²) in [5, 5.41) is 9.12. The van der Waals surface area contributed by atoms with Gasteiger partial charge in [0.2, 0.25) is 0 Å². The van der Waals surface area contributed by atoms with Gasteiger partial charge in [0.05, 0.1) is 12.3 Å². The van der Waals surface area contributed by atoms with Crippen molar-refractivity contribution in [2.45, 2.75) is 39.3 Å². The predicted molar refractivity (Wildman–Crippen MR) is 70.5 cm³/mol. The Morgan fingerprint density at radius 3 is 2.59 bits per heavy atom. The van der Waals surface area contributed by atoms with E-state index in [2.05, 4.69) is 23.7 Å². The number of rotatable bonds is 7. The highest BCUT2D eigenvalue weighted by molar-refractivity contribution is 5.28. The maximum Gasteiger partial charge on any atom is 0.123 e. The van der Waals surface area contributed by atoms with Gasteiger partial charge >= 0.3 is 0 Å². The van der Waals surface area contributed by atoms with Crippen molar-refractivity contribution < 1.29 is 5.11 Å². The van der Waals surface area contributed by atoms with Crippen molar-refractivity contribution in [1.82, 2.24) is 9.88 Å². The van der Waals surface area contributed by atoms with Crippen molar-refractivity contribution in [2.24, 2.45) is 0 Å². The summed E-state index contributed by atoms with van der Waals surface area (Å²) in [6.45, 7) is 5.95. The maximum atomic E-state index is 9.12. The number of nitrogens with two attached hydrogens (primary N) is 1. The number of hydrogen-bond donors (Lipinski definition) is 2. The lowest BCUT2D eigenvalue weighted by molar-refractivity contribution is 0.135. The molecule has 0 unspecified atom stereocenters. The second-order valence-corrected chi connectivity index (χ2v) is 4.22. The van der Waals surface area contributed by atoms with Gasteiger partial charge in [0.1, 0.15) is 5.82 Å². The highest BCUT2D eigenvalue weighted by atomic mass is 16.3. The van der Waals surface area contributed by atoms with E-state index in [0.717, 1.165) is 25.1 Å². The van der Waals surface area contributed by atoms with Crippen LogP contribution in [-0.4, -0.2) is 34.2 Å². The number of aromatic nitrogens is 1. The van der Waals surface area contributed by atoms with Crippen LogP contribution in [0, 0.1) is 0 Å². The molecular formula is C13H23N3O. The van der Waals surface area contributed by atoms with E-state index < -0.39 is 0 Å². The third kappa shape index (κ3) is 4.32. The first-order valence-electron chi connectivity index (χ1n) is 6.27. The highest BCUT2D eigenvalue weighted by Gasteiger charge is 2.15. The first-order valence-corrected chi connectivity index (χ1v) is 6.27. The molecule has 0 atom stereocenters. The smallest absolute Gasteiger partial charge is 0.123 e. The number of nitrogens with zero attached hydrogens (tertiary/aromatic N) is 2.